The van der Waals surface area contributed by atoms with Crippen LogP contribution in [-0.4, -0.2) is 13.0 Å². The molecule has 1 aromatic carbocycles. The first kappa shape index (κ1) is 12.2. The van der Waals surface area contributed by atoms with Crippen LogP contribution in [0.3, 0.4) is 0 Å². The minimum atomic E-state index is -1.75. The summed E-state index contributed by atoms with van der Waals surface area (Å²) in [5.41, 5.74) is 0. The van der Waals surface area contributed by atoms with Crippen LogP contribution in [0.1, 0.15) is 19.8 Å². The molecule has 15 heavy (non-hydrogen) atoms. The third-order valence-electron chi connectivity index (χ3n) is 1.79. The van der Waals surface area contributed by atoms with Gasteiger partial charge in [0.2, 0.25) is 0 Å². The highest BCUT2D eigenvalue weighted by Crippen LogP contribution is 2.26. The lowest BCUT2D eigenvalue weighted by molar-refractivity contribution is 0.169. The minimum Gasteiger partial charge on any atom is -0.334 e. The lowest BCUT2D eigenvalue weighted by Gasteiger charge is -1.95. The molecule has 82 valence electrons. The number of ether oxygens (including phenoxy) is 1. The number of unbranched alkanes of at least 4 members (excludes halogenated alkanes) is 1. The molecular weight excluding hydrogens is 211 g/mol. The molecule has 0 saturated heterocycles. The van der Waals surface area contributed by atoms with Crippen molar-refractivity contribution in [2.24, 2.45) is 0 Å². The predicted octanol–water partition coefficient (Wildman–Crippen LogP) is 3.58. The summed E-state index contributed by atoms with van der Waals surface area (Å²) in [5, 5.41) is 0. The molecule has 0 aliphatic heterocycles. The largest absolute Gasteiger partial charge is 0.585 e. The van der Waals surface area contributed by atoms with Crippen LogP contribution in [0.2, 0.25) is 0 Å². The quantitative estimate of drug-likeness (QED) is 0.527. The van der Waals surface area contributed by atoms with Crippen LogP contribution in [-0.2, 0) is 9.30 Å². The van der Waals surface area contributed by atoms with Gasteiger partial charge in [0, 0.05) is 0 Å². The van der Waals surface area contributed by atoms with Crippen molar-refractivity contribution in [3.63, 3.8) is 0 Å². The van der Waals surface area contributed by atoms with E-state index in [-0.39, 0.29) is 6.35 Å². The molecule has 0 fully saturated rings. The van der Waals surface area contributed by atoms with E-state index in [1.165, 1.54) is 0 Å². The summed E-state index contributed by atoms with van der Waals surface area (Å²) < 4.78 is 21.8. The highest BCUT2D eigenvalue weighted by atomic mass is 31.1. The normalized spacial score (nSPS) is 11.1. The number of para-hydroxylation sites is 1. The summed E-state index contributed by atoms with van der Waals surface area (Å²) in [6, 6.07) is 9.13. The lowest BCUT2D eigenvalue weighted by atomic mass is 10.3. The van der Waals surface area contributed by atoms with Gasteiger partial charge in [-0.3, -0.25) is 4.52 Å². The molecule has 0 bridgehead atoms. The van der Waals surface area contributed by atoms with E-state index in [0.717, 1.165) is 12.8 Å². The molecule has 0 aromatic heterocycles. The van der Waals surface area contributed by atoms with Crippen LogP contribution in [0.25, 0.3) is 0 Å². The average molecular weight is 227 g/mol. The van der Waals surface area contributed by atoms with E-state index in [4.69, 9.17) is 9.26 Å². The number of rotatable bonds is 7. The Kier molecular flexibility index (Phi) is 5.98. The van der Waals surface area contributed by atoms with Gasteiger partial charge in [0.05, 0.1) is 6.61 Å². The predicted molar refractivity (Wildman–Crippen MR) is 60.4 cm³/mol. The van der Waals surface area contributed by atoms with E-state index in [0.29, 0.717) is 12.4 Å². The fourth-order valence-corrected chi connectivity index (χ4v) is 1.70. The molecule has 0 spiro atoms. The van der Waals surface area contributed by atoms with Crippen molar-refractivity contribution in [1.82, 2.24) is 0 Å². The van der Waals surface area contributed by atoms with Crippen molar-refractivity contribution in [2.45, 2.75) is 19.8 Å². The first-order chi connectivity index (χ1) is 7.33. The topological polar surface area (TPSA) is 35.5 Å². The highest BCUT2D eigenvalue weighted by Gasteiger charge is 2.18. The van der Waals surface area contributed by atoms with Gasteiger partial charge in [0.25, 0.3) is 6.35 Å². The van der Waals surface area contributed by atoms with Gasteiger partial charge < -0.3 is 4.74 Å². The molecule has 1 rings (SSSR count). The van der Waals surface area contributed by atoms with Crippen molar-refractivity contribution in [1.29, 1.82) is 0 Å². The molecule has 1 atom stereocenters. The SMILES string of the molecule is CCCCOC[P+](=O)Oc1ccccc1. The molecule has 0 heterocycles. The fraction of sp³-hybridized carbons (Fsp3) is 0.455. The number of hydrogen-bond donors (Lipinski definition) is 0. The Morgan fingerprint density at radius 3 is 2.67 bits per heavy atom. The van der Waals surface area contributed by atoms with Crippen LogP contribution in [0.15, 0.2) is 30.3 Å². The van der Waals surface area contributed by atoms with Gasteiger partial charge in [-0.15, -0.1) is 0 Å². The third-order valence-corrected chi connectivity index (χ3v) is 2.60. The first-order valence-corrected chi connectivity index (χ1v) is 6.44. The van der Waals surface area contributed by atoms with Crippen LogP contribution >= 0.6 is 8.03 Å². The Bertz CT molecular complexity index is 287. The van der Waals surface area contributed by atoms with Gasteiger partial charge in [-0.05, 0) is 23.1 Å². The van der Waals surface area contributed by atoms with Crippen molar-refractivity contribution >= 4 is 8.03 Å². The van der Waals surface area contributed by atoms with Crippen LogP contribution in [0.5, 0.6) is 5.75 Å². The molecule has 0 aliphatic carbocycles. The molecule has 0 radical (unpaired) electrons. The Hall–Kier alpha value is -0.920. The molecule has 1 unspecified atom stereocenters. The molecule has 0 saturated carbocycles. The zero-order valence-corrected chi connectivity index (χ0v) is 9.78. The third kappa shape index (κ3) is 5.50. The molecule has 1 aromatic rings. The molecule has 4 heteroatoms. The van der Waals surface area contributed by atoms with Crippen molar-refractivity contribution in [3.05, 3.63) is 30.3 Å². The van der Waals surface area contributed by atoms with Gasteiger partial charge in [0.1, 0.15) is 0 Å². The Balaban J connectivity index is 2.19. The Morgan fingerprint density at radius 2 is 2.00 bits per heavy atom. The first-order valence-electron chi connectivity index (χ1n) is 5.08. The van der Waals surface area contributed by atoms with E-state index >= 15 is 0 Å². The number of hydrogen-bond acceptors (Lipinski definition) is 3. The van der Waals surface area contributed by atoms with Gasteiger partial charge >= 0.3 is 8.03 Å². The highest BCUT2D eigenvalue weighted by molar-refractivity contribution is 7.39. The monoisotopic (exact) mass is 227 g/mol. The zero-order chi connectivity index (χ0) is 10.9. The smallest absolute Gasteiger partial charge is 0.334 e. The van der Waals surface area contributed by atoms with E-state index in [2.05, 4.69) is 6.92 Å². The molecule has 0 amide bonds. The Morgan fingerprint density at radius 1 is 1.27 bits per heavy atom. The summed E-state index contributed by atoms with van der Waals surface area (Å²) >= 11 is 0. The summed E-state index contributed by atoms with van der Waals surface area (Å²) in [4.78, 5) is 0. The summed E-state index contributed by atoms with van der Waals surface area (Å²) in [7, 11) is -1.75. The fourth-order valence-electron chi connectivity index (χ4n) is 1.01. The maximum Gasteiger partial charge on any atom is 0.585 e. The maximum absolute atomic E-state index is 11.4. The summed E-state index contributed by atoms with van der Waals surface area (Å²) in [6.45, 7) is 2.74. The maximum atomic E-state index is 11.4. The van der Waals surface area contributed by atoms with Gasteiger partial charge in [0.15, 0.2) is 5.75 Å². The van der Waals surface area contributed by atoms with E-state index in [9.17, 15) is 4.57 Å². The van der Waals surface area contributed by atoms with Crippen LogP contribution < -0.4 is 4.52 Å². The molecule has 3 nitrogen and oxygen atoms in total. The van der Waals surface area contributed by atoms with Gasteiger partial charge in [-0.2, -0.15) is 0 Å². The van der Waals surface area contributed by atoms with Crippen molar-refractivity contribution in [3.8, 4) is 5.75 Å². The van der Waals surface area contributed by atoms with Crippen LogP contribution in [0.4, 0.5) is 0 Å². The van der Waals surface area contributed by atoms with Crippen molar-refractivity contribution in [2.75, 3.05) is 13.0 Å². The lowest BCUT2D eigenvalue weighted by Crippen LogP contribution is -1.95. The molecular formula is C11H16O3P+. The Labute approximate surface area is 91.3 Å². The second-order valence-corrected chi connectivity index (χ2v) is 4.23. The molecule has 0 aliphatic rings. The van der Waals surface area contributed by atoms with Crippen molar-refractivity contribution < 1.29 is 13.8 Å². The molecule has 0 N–H and O–H groups in total. The van der Waals surface area contributed by atoms with E-state index in [1.54, 1.807) is 12.1 Å². The second-order valence-electron chi connectivity index (χ2n) is 3.13. The number of benzene rings is 1. The average Bonchev–Trinajstić information content (AvgIpc) is 2.26. The zero-order valence-electron chi connectivity index (χ0n) is 8.89. The second kappa shape index (κ2) is 7.38. The van der Waals surface area contributed by atoms with Crippen LogP contribution in [0, 0.1) is 0 Å². The van der Waals surface area contributed by atoms with Gasteiger partial charge in [-0.1, -0.05) is 31.5 Å². The van der Waals surface area contributed by atoms with E-state index in [1.807, 2.05) is 18.2 Å². The summed E-state index contributed by atoms with van der Waals surface area (Å²) in [6.07, 6.45) is 2.25. The van der Waals surface area contributed by atoms with E-state index < -0.39 is 8.03 Å². The standard InChI is InChI=1S/C11H16O3P/c1-2-3-9-13-10-15(12)14-11-7-5-4-6-8-11/h4-8H,2-3,9-10H2,1H3/q+1. The minimum absolute atomic E-state index is 0.171. The van der Waals surface area contributed by atoms with Gasteiger partial charge in [-0.25, -0.2) is 0 Å². The summed E-state index contributed by atoms with van der Waals surface area (Å²) in [5.74, 6) is 0.623.